The summed E-state index contributed by atoms with van der Waals surface area (Å²) in [7, 11) is 0. The molecule has 27 heavy (non-hydrogen) atoms. The first-order valence-electron chi connectivity index (χ1n) is 8.23. The van der Waals surface area contributed by atoms with E-state index >= 15 is 0 Å². The van der Waals surface area contributed by atoms with Crippen LogP contribution in [0.3, 0.4) is 0 Å². The highest BCUT2D eigenvalue weighted by Gasteiger charge is 2.17. The maximum atomic E-state index is 12.1. The molecule has 0 radical (unpaired) electrons. The third-order valence-electron chi connectivity index (χ3n) is 3.91. The van der Waals surface area contributed by atoms with E-state index in [1.54, 1.807) is 12.1 Å². The first-order valence-corrected chi connectivity index (χ1v) is 9.21. The molecule has 1 aliphatic rings. The SMILES string of the molecule is Cc1ccc(C)c(OC(=O)CSc2nnc(-c3ccc4c(c3)OCO4)o2)c1. The number of rotatable bonds is 5. The Morgan fingerprint density at radius 2 is 1.96 bits per heavy atom. The molecular formula is C19H16N2O5S. The number of ether oxygens (including phenoxy) is 3. The van der Waals surface area contributed by atoms with Gasteiger partial charge in [0.05, 0.1) is 0 Å². The highest BCUT2D eigenvalue weighted by atomic mass is 32.2. The summed E-state index contributed by atoms with van der Waals surface area (Å²) in [6.07, 6.45) is 0. The standard InChI is InChI=1S/C19H16N2O5S/c1-11-3-4-12(2)15(7-11)25-17(22)9-27-19-21-20-18(26-19)13-5-6-14-16(8-13)24-10-23-14/h3-8H,9-10H2,1-2H3. The van der Waals surface area contributed by atoms with E-state index in [1.807, 2.05) is 38.1 Å². The van der Waals surface area contributed by atoms with Crippen molar-refractivity contribution in [3.63, 3.8) is 0 Å². The molecule has 0 atom stereocenters. The van der Waals surface area contributed by atoms with Gasteiger partial charge in [0.25, 0.3) is 5.22 Å². The van der Waals surface area contributed by atoms with Gasteiger partial charge < -0.3 is 18.6 Å². The molecule has 8 heteroatoms. The summed E-state index contributed by atoms with van der Waals surface area (Å²) in [5.74, 6) is 1.91. The molecule has 2 heterocycles. The van der Waals surface area contributed by atoms with Crippen LogP contribution in [-0.2, 0) is 4.79 Å². The largest absolute Gasteiger partial charge is 0.454 e. The minimum absolute atomic E-state index is 0.0656. The Hall–Kier alpha value is -3.00. The Bertz CT molecular complexity index is 1000. The second-order valence-electron chi connectivity index (χ2n) is 5.97. The van der Waals surface area contributed by atoms with E-state index in [2.05, 4.69) is 10.2 Å². The zero-order valence-electron chi connectivity index (χ0n) is 14.7. The average Bonchev–Trinajstić information content (AvgIpc) is 3.31. The number of fused-ring (bicyclic) bond motifs is 1. The molecule has 0 aliphatic carbocycles. The lowest BCUT2D eigenvalue weighted by atomic mass is 10.1. The molecule has 7 nitrogen and oxygen atoms in total. The number of benzene rings is 2. The lowest BCUT2D eigenvalue weighted by Crippen LogP contribution is -2.11. The number of esters is 1. The minimum atomic E-state index is -0.378. The normalized spacial score (nSPS) is 12.2. The van der Waals surface area contributed by atoms with E-state index in [0.29, 0.717) is 28.4 Å². The van der Waals surface area contributed by atoms with Gasteiger partial charge in [-0.15, -0.1) is 10.2 Å². The van der Waals surface area contributed by atoms with Gasteiger partial charge in [0.1, 0.15) is 11.5 Å². The summed E-state index contributed by atoms with van der Waals surface area (Å²) in [5.41, 5.74) is 2.65. The molecule has 2 aromatic carbocycles. The van der Waals surface area contributed by atoms with Crippen molar-refractivity contribution in [3.8, 4) is 28.7 Å². The number of aryl methyl sites for hydroxylation is 2. The number of aromatic nitrogens is 2. The number of carbonyl (C=O) groups excluding carboxylic acids is 1. The first-order chi connectivity index (χ1) is 13.1. The molecule has 1 aliphatic heterocycles. The van der Waals surface area contributed by atoms with Crippen LogP contribution in [0.4, 0.5) is 0 Å². The van der Waals surface area contributed by atoms with Crippen LogP contribution in [-0.4, -0.2) is 28.7 Å². The fraction of sp³-hybridized carbons (Fsp3) is 0.211. The third kappa shape index (κ3) is 3.90. The lowest BCUT2D eigenvalue weighted by molar-refractivity contribution is -0.131. The molecule has 0 saturated heterocycles. The number of thioether (sulfide) groups is 1. The third-order valence-corrected chi connectivity index (χ3v) is 4.70. The Kier molecular flexibility index (Phi) is 4.72. The molecule has 0 amide bonds. The molecule has 0 fully saturated rings. The van der Waals surface area contributed by atoms with Crippen LogP contribution in [0.1, 0.15) is 11.1 Å². The van der Waals surface area contributed by atoms with Crippen LogP contribution >= 0.6 is 11.8 Å². The van der Waals surface area contributed by atoms with Gasteiger partial charge in [-0.25, -0.2) is 0 Å². The van der Waals surface area contributed by atoms with Gasteiger partial charge in [0.2, 0.25) is 12.7 Å². The van der Waals surface area contributed by atoms with Crippen LogP contribution in [0.25, 0.3) is 11.5 Å². The van der Waals surface area contributed by atoms with Crippen molar-refractivity contribution in [1.29, 1.82) is 0 Å². The van der Waals surface area contributed by atoms with E-state index < -0.39 is 0 Å². The van der Waals surface area contributed by atoms with Gasteiger partial charge in [0, 0.05) is 5.56 Å². The minimum Gasteiger partial charge on any atom is -0.454 e. The molecule has 1 aromatic heterocycles. The molecule has 3 aromatic rings. The van der Waals surface area contributed by atoms with Crippen molar-refractivity contribution in [2.45, 2.75) is 19.1 Å². The number of carbonyl (C=O) groups is 1. The van der Waals surface area contributed by atoms with E-state index in [-0.39, 0.29) is 18.5 Å². The van der Waals surface area contributed by atoms with Crippen LogP contribution in [0.15, 0.2) is 46.0 Å². The van der Waals surface area contributed by atoms with Gasteiger partial charge in [-0.3, -0.25) is 4.79 Å². The molecule has 0 spiro atoms. The Labute approximate surface area is 159 Å². The van der Waals surface area contributed by atoms with Crippen LogP contribution in [0.5, 0.6) is 17.2 Å². The Morgan fingerprint density at radius 1 is 1.11 bits per heavy atom. The highest BCUT2D eigenvalue weighted by Crippen LogP contribution is 2.36. The predicted octanol–water partition coefficient (Wildman–Crippen LogP) is 3.78. The first kappa shape index (κ1) is 17.4. The zero-order chi connectivity index (χ0) is 18.8. The topological polar surface area (TPSA) is 83.7 Å². The van der Waals surface area contributed by atoms with Crippen LogP contribution in [0.2, 0.25) is 0 Å². The average molecular weight is 384 g/mol. The molecule has 0 bridgehead atoms. The van der Waals surface area contributed by atoms with Crippen LogP contribution < -0.4 is 14.2 Å². The zero-order valence-corrected chi connectivity index (χ0v) is 15.5. The highest BCUT2D eigenvalue weighted by molar-refractivity contribution is 7.99. The van der Waals surface area contributed by atoms with Gasteiger partial charge in [-0.05, 0) is 49.2 Å². The van der Waals surface area contributed by atoms with E-state index in [0.717, 1.165) is 28.5 Å². The molecule has 0 unspecified atom stereocenters. The quantitative estimate of drug-likeness (QED) is 0.373. The predicted molar refractivity (Wildman–Crippen MR) is 98.1 cm³/mol. The second-order valence-corrected chi connectivity index (χ2v) is 6.90. The fourth-order valence-corrected chi connectivity index (χ4v) is 3.04. The molecule has 0 saturated carbocycles. The smallest absolute Gasteiger partial charge is 0.321 e. The number of nitrogens with zero attached hydrogens (tertiary/aromatic N) is 2. The van der Waals surface area contributed by atoms with Gasteiger partial charge in [0.15, 0.2) is 11.5 Å². The summed E-state index contributed by atoms with van der Waals surface area (Å²) in [5, 5.41) is 8.27. The van der Waals surface area contributed by atoms with Crippen molar-refractivity contribution in [1.82, 2.24) is 10.2 Å². The van der Waals surface area contributed by atoms with Crippen molar-refractivity contribution in [2.24, 2.45) is 0 Å². The summed E-state index contributed by atoms with van der Waals surface area (Å²) >= 11 is 1.13. The van der Waals surface area contributed by atoms with E-state index in [4.69, 9.17) is 18.6 Å². The van der Waals surface area contributed by atoms with Crippen molar-refractivity contribution in [3.05, 3.63) is 47.5 Å². The van der Waals surface area contributed by atoms with Crippen LogP contribution in [0, 0.1) is 13.8 Å². The lowest BCUT2D eigenvalue weighted by Gasteiger charge is -2.07. The Morgan fingerprint density at radius 3 is 2.85 bits per heavy atom. The number of hydrogen-bond donors (Lipinski definition) is 0. The van der Waals surface area contributed by atoms with E-state index in [9.17, 15) is 4.79 Å². The maximum absolute atomic E-state index is 12.1. The van der Waals surface area contributed by atoms with E-state index in [1.165, 1.54) is 0 Å². The summed E-state index contributed by atoms with van der Waals surface area (Å²) in [6, 6.07) is 11.1. The molecular weight excluding hydrogens is 368 g/mol. The maximum Gasteiger partial charge on any atom is 0.321 e. The Balaban J connectivity index is 1.38. The van der Waals surface area contributed by atoms with Gasteiger partial charge >= 0.3 is 5.97 Å². The summed E-state index contributed by atoms with van der Waals surface area (Å²) in [4.78, 5) is 12.1. The molecule has 4 rings (SSSR count). The summed E-state index contributed by atoms with van der Waals surface area (Å²) in [6.45, 7) is 4.04. The number of hydrogen-bond acceptors (Lipinski definition) is 8. The molecule has 138 valence electrons. The van der Waals surface area contributed by atoms with Gasteiger partial charge in [-0.1, -0.05) is 23.9 Å². The van der Waals surface area contributed by atoms with Gasteiger partial charge in [-0.2, -0.15) is 0 Å². The van der Waals surface area contributed by atoms with Crippen molar-refractivity contribution >= 4 is 17.7 Å². The monoisotopic (exact) mass is 384 g/mol. The van der Waals surface area contributed by atoms with Crippen molar-refractivity contribution in [2.75, 3.05) is 12.5 Å². The fourth-order valence-electron chi connectivity index (χ4n) is 2.50. The second kappa shape index (κ2) is 7.32. The molecule has 0 N–H and O–H groups in total. The van der Waals surface area contributed by atoms with Crippen molar-refractivity contribution < 1.29 is 23.4 Å². The summed E-state index contributed by atoms with van der Waals surface area (Å²) < 4.78 is 21.6.